The molecule has 148 valence electrons. The van der Waals surface area contributed by atoms with Crippen LogP contribution in [0, 0.1) is 0 Å². The highest BCUT2D eigenvalue weighted by molar-refractivity contribution is 5.94. The van der Waals surface area contributed by atoms with Crippen molar-refractivity contribution in [3.05, 3.63) is 59.7 Å². The third-order valence-electron chi connectivity index (χ3n) is 4.91. The van der Waals surface area contributed by atoms with Crippen LogP contribution >= 0.6 is 0 Å². The van der Waals surface area contributed by atoms with Crippen molar-refractivity contribution in [1.82, 2.24) is 5.32 Å². The van der Waals surface area contributed by atoms with Gasteiger partial charge in [0, 0.05) is 24.6 Å². The SMILES string of the molecule is CC(CCc1ccccc1)NC(=O)CCCOc1ccc2c(c1)CCC(=O)N2. The zero-order valence-corrected chi connectivity index (χ0v) is 16.4. The highest BCUT2D eigenvalue weighted by Crippen LogP contribution is 2.26. The summed E-state index contributed by atoms with van der Waals surface area (Å²) in [6, 6.07) is 16.2. The van der Waals surface area contributed by atoms with E-state index in [1.807, 2.05) is 43.3 Å². The molecule has 0 fully saturated rings. The fourth-order valence-corrected chi connectivity index (χ4v) is 3.32. The van der Waals surface area contributed by atoms with Crippen molar-refractivity contribution in [1.29, 1.82) is 0 Å². The van der Waals surface area contributed by atoms with E-state index in [1.54, 1.807) is 0 Å². The molecule has 5 nitrogen and oxygen atoms in total. The number of benzene rings is 2. The number of nitrogens with one attached hydrogen (secondary N) is 2. The topological polar surface area (TPSA) is 67.4 Å². The summed E-state index contributed by atoms with van der Waals surface area (Å²) >= 11 is 0. The van der Waals surface area contributed by atoms with Gasteiger partial charge in [0.05, 0.1) is 6.61 Å². The number of ether oxygens (including phenoxy) is 1. The first-order valence-corrected chi connectivity index (χ1v) is 9.99. The normalized spacial score (nSPS) is 14.0. The van der Waals surface area contributed by atoms with Crippen molar-refractivity contribution in [2.24, 2.45) is 0 Å². The number of aryl methyl sites for hydroxylation is 2. The molecule has 0 aliphatic carbocycles. The minimum absolute atomic E-state index is 0.0603. The Bertz CT molecular complexity index is 805. The number of rotatable bonds is 9. The molecule has 0 spiro atoms. The van der Waals surface area contributed by atoms with E-state index >= 15 is 0 Å². The van der Waals surface area contributed by atoms with Crippen molar-refractivity contribution in [2.75, 3.05) is 11.9 Å². The molecule has 1 heterocycles. The predicted molar refractivity (Wildman–Crippen MR) is 110 cm³/mol. The first-order chi connectivity index (χ1) is 13.6. The second-order valence-electron chi connectivity index (χ2n) is 7.31. The van der Waals surface area contributed by atoms with Crippen LogP contribution in [0.15, 0.2) is 48.5 Å². The van der Waals surface area contributed by atoms with E-state index in [0.717, 1.165) is 36.3 Å². The molecule has 2 amide bonds. The summed E-state index contributed by atoms with van der Waals surface area (Å²) in [7, 11) is 0. The molecule has 1 aliphatic rings. The molecule has 28 heavy (non-hydrogen) atoms. The summed E-state index contributed by atoms with van der Waals surface area (Å²) in [5.74, 6) is 0.911. The van der Waals surface area contributed by atoms with Crippen molar-refractivity contribution in [3.63, 3.8) is 0 Å². The molecular weight excluding hydrogens is 352 g/mol. The van der Waals surface area contributed by atoms with Crippen LogP contribution in [0.1, 0.15) is 43.7 Å². The zero-order chi connectivity index (χ0) is 19.8. The number of hydrogen-bond donors (Lipinski definition) is 2. The van der Waals surface area contributed by atoms with Gasteiger partial charge in [-0.05, 0) is 61.9 Å². The van der Waals surface area contributed by atoms with E-state index in [4.69, 9.17) is 4.74 Å². The van der Waals surface area contributed by atoms with E-state index in [0.29, 0.717) is 25.9 Å². The number of fused-ring (bicyclic) bond motifs is 1. The third kappa shape index (κ3) is 6.12. The highest BCUT2D eigenvalue weighted by Gasteiger charge is 2.15. The number of amides is 2. The fraction of sp³-hybridized carbons (Fsp3) is 0.391. The Morgan fingerprint density at radius 3 is 2.82 bits per heavy atom. The van der Waals surface area contributed by atoms with Gasteiger partial charge < -0.3 is 15.4 Å². The summed E-state index contributed by atoms with van der Waals surface area (Å²) in [6.45, 7) is 2.54. The Morgan fingerprint density at radius 2 is 2.00 bits per heavy atom. The van der Waals surface area contributed by atoms with Crippen molar-refractivity contribution >= 4 is 17.5 Å². The summed E-state index contributed by atoms with van der Waals surface area (Å²) in [6.07, 6.45) is 4.27. The van der Waals surface area contributed by atoms with Gasteiger partial charge >= 0.3 is 0 Å². The lowest BCUT2D eigenvalue weighted by Crippen LogP contribution is -2.32. The smallest absolute Gasteiger partial charge is 0.224 e. The van der Waals surface area contributed by atoms with E-state index < -0.39 is 0 Å². The summed E-state index contributed by atoms with van der Waals surface area (Å²) in [5, 5.41) is 5.92. The molecular formula is C23H28N2O3. The predicted octanol–water partition coefficient (Wildman–Crippen LogP) is 3.87. The summed E-state index contributed by atoms with van der Waals surface area (Å²) < 4.78 is 5.77. The quantitative estimate of drug-likeness (QED) is 0.649. The van der Waals surface area contributed by atoms with Gasteiger partial charge in [-0.3, -0.25) is 9.59 Å². The maximum absolute atomic E-state index is 12.1. The molecule has 0 aromatic heterocycles. The third-order valence-corrected chi connectivity index (χ3v) is 4.91. The van der Waals surface area contributed by atoms with Crippen LogP contribution in [0.5, 0.6) is 5.75 Å². The maximum Gasteiger partial charge on any atom is 0.224 e. The molecule has 1 aliphatic heterocycles. The lowest BCUT2D eigenvalue weighted by atomic mass is 10.0. The minimum Gasteiger partial charge on any atom is -0.494 e. The molecule has 1 atom stereocenters. The fourth-order valence-electron chi connectivity index (χ4n) is 3.32. The lowest BCUT2D eigenvalue weighted by Gasteiger charge is -2.17. The van der Waals surface area contributed by atoms with Gasteiger partial charge in [0.1, 0.15) is 5.75 Å². The molecule has 3 rings (SSSR count). The second-order valence-corrected chi connectivity index (χ2v) is 7.31. The highest BCUT2D eigenvalue weighted by atomic mass is 16.5. The van der Waals surface area contributed by atoms with E-state index in [-0.39, 0.29) is 17.9 Å². The standard InChI is InChI=1S/C23H28N2O3/c1-17(9-10-18-6-3-2-4-7-18)24-22(26)8-5-15-28-20-12-13-21-19(16-20)11-14-23(27)25-21/h2-4,6-7,12-13,16-17H,5,8-11,14-15H2,1H3,(H,24,26)(H,25,27). The average molecular weight is 380 g/mol. The van der Waals surface area contributed by atoms with E-state index in [1.165, 1.54) is 5.56 Å². The van der Waals surface area contributed by atoms with Gasteiger partial charge in [0.15, 0.2) is 0 Å². The Labute approximate surface area is 166 Å². The van der Waals surface area contributed by atoms with Gasteiger partial charge in [-0.2, -0.15) is 0 Å². The summed E-state index contributed by atoms with van der Waals surface area (Å²) in [4.78, 5) is 23.5. The van der Waals surface area contributed by atoms with Gasteiger partial charge in [-0.25, -0.2) is 0 Å². The van der Waals surface area contributed by atoms with Crippen LogP contribution in [0.2, 0.25) is 0 Å². The zero-order valence-electron chi connectivity index (χ0n) is 16.4. The lowest BCUT2D eigenvalue weighted by molar-refractivity contribution is -0.122. The number of carbonyl (C=O) groups excluding carboxylic acids is 2. The molecule has 5 heteroatoms. The van der Waals surface area contributed by atoms with Crippen molar-refractivity contribution in [2.45, 2.75) is 51.5 Å². The number of carbonyl (C=O) groups is 2. The van der Waals surface area contributed by atoms with E-state index in [2.05, 4.69) is 22.8 Å². The first-order valence-electron chi connectivity index (χ1n) is 9.99. The van der Waals surface area contributed by atoms with Crippen molar-refractivity contribution in [3.8, 4) is 5.75 Å². The van der Waals surface area contributed by atoms with E-state index in [9.17, 15) is 9.59 Å². The Kier molecular flexibility index (Phi) is 7.06. The number of hydrogen-bond acceptors (Lipinski definition) is 3. The van der Waals surface area contributed by atoms with Crippen LogP contribution in [0.25, 0.3) is 0 Å². The van der Waals surface area contributed by atoms with Crippen molar-refractivity contribution < 1.29 is 14.3 Å². The maximum atomic E-state index is 12.1. The average Bonchev–Trinajstić information content (AvgIpc) is 2.70. The number of anilines is 1. The largest absolute Gasteiger partial charge is 0.494 e. The van der Waals surface area contributed by atoms with Crippen LogP contribution in [-0.4, -0.2) is 24.5 Å². The Morgan fingerprint density at radius 1 is 1.18 bits per heavy atom. The van der Waals surface area contributed by atoms with Crippen LogP contribution in [0.4, 0.5) is 5.69 Å². The van der Waals surface area contributed by atoms with Gasteiger partial charge in [-0.1, -0.05) is 30.3 Å². The molecule has 0 radical (unpaired) electrons. The molecule has 0 saturated carbocycles. The van der Waals surface area contributed by atoms with Gasteiger partial charge in [-0.15, -0.1) is 0 Å². The molecule has 0 bridgehead atoms. The van der Waals surface area contributed by atoms with Gasteiger partial charge in [0.2, 0.25) is 11.8 Å². The summed E-state index contributed by atoms with van der Waals surface area (Å²) in [5.41, 5.74) is 3.26. The molecule has 2 aromatic rings. The minimum atomic E-state index is 0.0603. The first kappa shape index (κ1) is 19.9. The van der Waals surface area contributed by atoms with Crippen LogP contribution in [0.3, 0.4) is 0 Å². The van der Waals surface area contributed by atoms with Crippen LogP contribution in [-0.2, 0) is 22.4 Å². The molecule has 2 N–H and O–H groups in total. The van der Waals surface area contributed by atoms with Crippen LogP contribution < -0.4 is 15.4 Å². The Balaban J connectivity index is 1.32. The monoisotopic (exact) mass is 380 g/mol. The van der Waals surface area contributed by atoms with Gasteiger partial charge in [0.25, 0.3) is 0 Å². The Hall–Kier alpha value is -2.82. The molecule has 0 saturated heterocycles. The molecule has 2 aromatic carbocycles. The second kappa shape index (κ2) is 9.93. The molecule has 1 unspecified atom stereocenters.